The van der Waals surface area contributed by atoms with Crippen molar-refractivity contribution in [2.75, 3.05) is 0 Å². The van der Waals surface area contributed by atoms with Gasteiger partial charge in [0.15, 0.2) is 0 Å². The average molecular weight is 364 g/mol. The van der Waals surface area contributed by atoms with Gasteiger partial charge in [-0.05, 0) is 54.5 Å². The third kappa shape index (κ3) is 2.41. The lowest BCUT2D eigenvalue weighted by atomic mass is 9.91. The molecule has 5 heteroatoms. The van der Waals surface area contributed by atoms with Gasteiger partial charge in [-0.3, -0.25) is 4.79 Å². The Hall–Kier alpha value is -2.72. The van der Waals surface area contributed by atoms with Crippen molar-refractivity contribution in [2.45, 2.75) is 25.3 Å². The van der Waals surface area contributed by atoms with E-state index in [4.69, 9.17) is 11.6 Å². The molecule has 2 aromatic carbocycles. The molecule has 1 atom stereocenters. The van der Waals surface area contributed by atoms with Crippen molar-refractivity contribution in [2.24, 2.45) is 0 Å². The van der Waals surface area contributed by atoms with E-state index in [1.807, 2.05) is 42.6 Å². The van der Waals surface area contributed by atoms with E-state index in [-0.39, 0.29) is 11.9 Å². The number of halogens is 1. The molecule has 0 unspecified atom stereocenters. The number of carbonyl (C=O) groups excluding carboxylic acids is 1. The summed E-state index contributed by atoms with van der Waals surface area (Å²) in [5, 5.41) is 6.19. The lowest BCUT2D eigenvalue weighted by Gasteiger charge is -2.24. The fourth-order valence-electron chi connectivity index (χ4n) is 4.03. The minimum Gasteiger partial charge on any atom is -0.361 e. The minimum absolute atomic E-state index is 0.0194. The summed E-state index contributed by atoms with van der Waals surface area (Å²) >= 11 is 6.35. The Labute approximate surface area is 155 Å². The number of amides is 1. The van der Waals surface area contributed by atoms with Crippen LogP contribution < -0.4 is 5.32 Å². The van der Waals surface area contributed by atoms with Crippen molar-refractivity contribution in [1.82, 2.24) is 15.3 Å². The molecule has 1 aliphatic rings. The third-order valence-electron chi connectivity index (χ3n) is 5.31. The molecule has 2 aromatic heterocycles. The summed E-state index contributed by atoms with van der Waals surface area (Å²) < 4.78 is 0. The number of carbonyl (C=O) groups is 1. The first-order chi connectivity index (χ1) is 12.7. The number of fused-ring (bicyclic) bond motifs is 4. The smallest absolute Gasteiger partial charge is 0.251 e. The monoisotopic (exact) mass is 363 g/mol. The zero-order valence-corrected chi connectivity index (χ0v) is 14.9. The van der Waals surface area contributed by atoms with E-state index in [0.29, 0.717) is 5.56 Å². The summed E-state index contributed by atoms with van der Waals surface area (Å²) in [7, 11) is 0. The van der Waals surface area contributed by atoms with E-state index >= 15 is 0 Å². The number of nitrogens with one attached hydrogen (secondary N) is 3. The van der Waals surface area contributed by atoms with Gasteiger partial charge in [-0.25, -0.2) is 0 Å². The Morgan fingerprint density at radius 2 is 2.12 bits per heavy atom. The van der Waals surface area contributed by atoms with Crippen molar-refractivity contribution in [1.29, 1.82) is 0 Å². The second-order valence-electron chi connectivity index (χ2n) is 6.88. The first-order valence-electron chi connectivity index (χ1n) is 8.87. The van der Waals surface area contributed by atoms with E-state index in [2.05, 4.69) is 21.4 Å². The first-order valence-corrected chi connectivity index (χ1v) is 9.25. The molecule has 2 heterocycles. The van der Waals surface area contributed by atoms with Gasteiger partial charge in [-0.15, -0.1) is 0 Å². The molecule has 0 saturated carbocycles. The van der Waals surface area contributed by atoms with Gasteiger partial charge in [0.25, 0.3) is 5.91 Å². The Balaban J connectivity index is 1.49. The topological polar surface area (TPSA) is 60.7 Å². The molecule has 3 N–H and O–H groups in total. The third-order valence-corrected chi connectivity index (χ3v) is 5.63. The number of benzene rings is 2. The average Bonchev–Trinajstić information content (AvgIpc) is 3.27. The zero-order chi connectivity index (χ0) is 17.7. The summed E-state index contributed by atoms with van der Waals surface area (Å²) in [6.07, 6.45) is 4.87. The van der Waals surface area contributed by atoms with Crippen LogP contribution in [0.2, 0.25) is 5.02 Å². The van der Waals surface area contributed by atoms with Gasteiger partial charge in [0.1, 0.15) is 0 Å². The molecule has 1 amide bonds. The zero-order valence-electron chi connectivity index (χ0n) is 14.1. The van der Waals surface area contributed by atoms with Crippen LogP contribution in [0.1, 0.15) is 40.5 Å². The standard InChI is InChI=1S/C21H18ClN3O/c22-16-5-1-3-14-15-4-2-6-17(20(15)25-19(14)16)24-21(26)13-8-7-12-9-10-23-18(12)11-13/h1,3,5,7-11,17,23,25H,2,4,6H2,(H,24,26)/t17-/m0/s1. The maximum atomic E-state index is 12.8. The molecule has 1 aliphatic carbocycles. The van der Waals surface area contributed by atoms with Crippen molar-refractivity contribution < 1.29 is 4.79 Å². The predicted octanol–water partition coefficient (Wildman–Crippen LogP) is 5.11. The lowest BCUT2D eigenvalue weighted by Crippen LogP contribution is -2.31. The van der Waals surface area contributed by atoms with Gasteiger partial charge < -0.3 is 15.3 Å². The molecule has 0 fully saturated rings. The first kappa shape index (κ1) is 15.5. The molecular weight excluding hydrogens is 346 g/mol. The van der Waals surface area contributed by atoms with Crippen molar-refractivity contribution >= 4 is 39.3 Å². The second kappa shape index (κ2) is 5.92. The van der Waals surface area contributed by atoms with E-state index < -0.39 is 0 Å². The Morgan fingerprint density at radius 1 is 1.19 bits per heavy atom. The number of hydrogen-bond acceptors (Lipinski definition) is 1. The minimum atomic E-state index is -0.0518. The molecule has 4 nitrogen and oxygen atoms in total. The molecule has 0 bridgehead atoms. The van der Waals surface area contributed by atoms with Crippen LogP contribution in [-0.4, -0.2) is 15.9 Å². The van der Waals surface area contributed by atoms with Crippen LogP contribution in [0.25, 0.3) is 21.8 Å². The highest BCUT2D eigenvalue weighted by atomic mass is 35.5. The summed E-state index contributed by atoms with van der Waals surface area (Å²) in [5.41, 5.74) is 4.97. The Bertz CT molecular complexity index is 1140. The summed E-state index contributed by atoms with van der Waals surface area (Å²) in [5.74, 6) is -0.0518. The van der Waals surface area contributed by atoms with Crippen LogP contribution in [0.15, 0.2) is 48.7 Å². The van der Waals surface area contributed by atoms with Crippen LogP contribution in [0.4, 0.5) is 0 Å². The highest BCUT2D eigenvalue weighted by Gasteiger charge is 2.26. The van der Waals surface area contributed by atoms with Crippen LogP contribution in [0.3, 0.4) is 0 Å². The molecule has 0 spiro atoms. The number of aryl methyl sites for hydroxylation is 1. The largest absolute Gasteiger partial charge is 0.361 e. The maximum absolute atomic E-state index is 12.8. The molecule has 130 valence electrons. The quantitative estimate of drug-likeness (QED) is 0.455. The molecule has 0 aliphatic heterocycles. The lowest BCUT2D eigenvalue weighted by molar-refractivity contribution is 0.0932. The number of para-hydroxylation sites is 1. The van der Waals surface area contributed by atoms with Gasteiger partial charge >= 0.3 is 0 Å². The van der Waals surface area contributed by atoms with Crippen molar-refractivity contribution in [3.63, 3.8) is 0 Å². The second-order valence-corrected chi connectivity index (χ2v) is 7.28. The van der Waals surface area contributed by atoms with E-state index in [0.717, 1.165) is 46.4 Å². The van der Waals surface area contributed by atoms with Crippen LogP contribution in [0.5, 0.6) is 0 Å². The Kier molecular flexibility index (Phi) is 3.54. The van der Waals surface area contributed by atoms with Crippen molar-refractivity contribution in [3.05, 3.63) is 70.5 Å². The summed E-state index contributed by atoms with van der Waals surface area (Å²) in [4.78, 5) is 19.4. The number of aromatic nitrogens is 2. The van der Waals surface area contributed by atoms with Crippen LogP contribution in [-0.2, 0) is 6.42 Å². The van der Waals surface area contributed by atoms with Crippen LogP contribution >= 0.6 is 11.6 Å². The fourth-order valence-corrected chi connectivity index (χ4v) is 4.25. The Morgan fingerprint density at radius 3 is 3.04 bits per heavy atom. The molecule has 0 saturated heterocycles. The fraction of sp³-hybridized carbons (Fsp3) is 0.190. The van der Waals surface area contributed by atoms with Gasteiger partial charge in [0.05, 0.1) is 16.6 Å². The summed E-state index contributed by atoms with van der Waals surface area (Å²) in [6.45, 7) is 0. The molecule has 0 radical (unpaired) electrons. The number of H-pyrrole nitrogens is 2. The summed E-state index contributed by atoms with van der Waals surface area (Å²) in [6, 6.07) is 13.7. The maximum Gasteiger partial charge on any atom is 0.251 e. The highest BCUT2D eigenvalue weighted by molar-refractivity contribution is 6.35. The van der Waals surface area contributed by atoms with Gasteiger partial charge in [-0.2, -0.15) is 0 Å². The predicted molar refractivity (Wildman–Crippen MR) is 105 cm³/mol. The molecule has 26 heavy (non-hydrogen) atoms. The highest BCUT2D eigenvalue weighted by Crippen LogP contribution is 2.37. The van der Waals surface area contributed by atoms with Gasteiger partial charge in [0, 0.05) is 28.4 Å². The van der Waals surface area contributed by atoms with E-state index in [1.54, 1.807) is 0 Å². The van der Waals surface area contributed by atoms with Gasteiger partial charge in [-0.1, -0.05) is 29.8 Å². The van der Waals surface area contributed by atoms with Crippen LogP contribution in [0, 0.1) is 0 Å². The molecular formula is C21H18ClN3O. The van der Waals surface area contributed by atoms with E-state index in [9.17, 15) is 4.79 Å². The number of hydrogen-bond donors (Lipinski definition) is 3. The van der Waals surface area contributed by atoms with Gasteiger partial charge in [0.2, 0.25) is 0 Å². The SMILES string of the molecule is O=C(N[C@H]1CCCc2c1[nH]c1c(Cl)cccc21)c1ccc2cc[nH]c2c1. The number of rotatable bonds is 2. The molecule has 5 rings (SSSR count). The molecule has 4 aromatic rings. The number of aromatic amines is 2. The van der Waals surface area contributed by atoms with Crippen molar-refractivity contribution in [3.8, 4) is 0 Å². The normalized spacial score (nSPS) is 16.7. The van der Waals surface area contributed by atoms with E-state index in [1.165, 1.54) is 10.9 Å².